The summed E-state index contributed by atoms with van der Waals surface area (Å²) >= 11 is 0. The van der Waals surface area contributed by atoms with Gasteiger partial charge in [-0.15, -0.1) is 13.2 Å². The van der Waals surface area contributed by atoms with Crippen LogP contribution in [0.25, 0.3) is 0 Å². The Hall–Kier alpha value is -4.62. The first kappa shape index (κ1) is 26.0. The van der Waals surface area contributed by atoms with E-state index in [-0.39, 0.29) is 22.9 Å². The van der Waals surface area contributed by atoms with E-state index in [4.69, 9.17) is 19.9 Å². The number of rotatable bonds is 8. The van der Waals surface area contributed by atoms with E-state index in [2.05, 4.69) is 15.0 Å². The van der Waals surface area contributed by atoms with E-state index >= 15 is 0 Å². The Balaban J connectivity index is 2.03. The third-order valence-electron chi connectivity index (χ3n) is 4.44. The number of alkyl halides is 3. The second-order valence-electron chi connectivity index (χ2n) is 6.79. The molecule has 3 rings (SSSR count). The monoisotopic (exact) mass is 513 g/mol. The van der Waals surface area contributed by atoms with Crippen LogP contribution in [0, 0.1) is 11.6 Å². The van der Waals surface area contributed by atoms with Gasteiger partial charge < -0.3 is 30.0 Å². The highest BCUT2D eigenvalue weighted by Gasteiger charge is 2.32. The molecule has 1 heterocycles. The number of pyridine rings is 1. The standard InChI is InChI=1S/C22H16F5N3O6/c1-33-14-8-11(36-22(25,26)27)3-4-13(14)35-15-9-16(34-2)18(23)19(24)17(15)21(32)30-10-5-6-29-12(7-10)20(28)31/h3-9H,1-2H3,(H2,28,31)(H,29,30,32). The van der Waals surface area contributed by atoms with Crippen molar-refractivity contribution in [2.45, 2.75) is 6.36 Å². The summed E-state index contributed by atoms with van der Waals surface area (Å²) in [5.41, 5.74) is 3.97. The second kappa shape index (κ2) is 10.3. The van der Waals surface area contributed by atoms with Gasteiger partial charge in [0.05, 0.1) is 14.2 Å². The molecule has 0 fully saturated rings. The molecule has 3 N–H and O–H groups in total. The Morgan fingerprint density at radius 3 is 2.22 bits per heavy atom. The zero-order valence-electron chi connectivity index (χ0n) is 18.4. The molecule has 0 aliphatic rings. The van der Waals surface area contributed by atoms with E-state index in [0.29, 0.717) is 0 Å². The van der Waals surface area contributed by atoms with Gasteiger partial charge in [0.25, 0.3) is 11.8 Å². The molecule has 3 aromatic rings. The Morgan fingerprint density at radius 1 is 0.917 bits per heavy atom. The summed E-state index contributed by atoms with van der Waals surface area (Å²) in [6.45, 7) is 0. The second-order valence-corrected chi connectivity index (χ2v) is 6.79. The minimum Gasteiger partial charge on any atom is -0.493 e. The first-order valence-electron chi connectivity index (χ1n) is 9.68. The van der Waals surface area contributed by atoms with Gasteiger partial charge in [0.2, 0.25) is 5.82 Å². The van der Waals surface area contributed by atoms with Crippen molar-refractivity contribution < 1.29 is 50.5 Å². The van der Waals surface area contributed by atoms with Gasteiger partial charge in [-0.2, -0.15) is 4.39 Å². The number of nitrogens with zero attached hydrogens (tertiary/aromatic N) is 1. The van der Waals surface area contributed by atoms with Gasteiger partial charge in [-0.3, -0.25) is 14.6 Å². The summed E-state index contributed by atoms with van der Waals surface area (Å²) in [5.74, 6) is -7.67. The molecule has 0 atom stereocenters. The largest absolute Gasteiger partial charge is 0.573 e. The third kappa shape index (κ3) is 5.89. The highest BCUT2D eigenvalue weighted by atomic mass is 19.4. The number of methoxy groups -OCH3 is 2. The molecule has 190 valence electrons. The molecule has 14 heteroatoms. The lowest BCUT2D eigenvalue weighted by atomic mass is 10.1. The molecule has 0 bridgehead atoms. The van der Waals surface area contributed by atoms with Crippen molar-refractivity contribution in [2.24, 2.45) is 5.73 Å². The summed E-state index contributed by atoms with van der Waals surface area (Å²) < 4.78 is 86.0. The molecular formula is C22H16F5N3O6. The fourth-order valence-electron chi connectivity index (χ4n) is 2.91. The van der Waals surface area contributed by atoms with Crippen molar-refractivity contribution in [1.82, 2.24) is 4.98 Å². The smallest absolute Gasteiger partial charge is 0.493 e. The molecule has 0 aliphatic heterocycles. The first-order chi connectivity index (χ1) is 16.9. The topological polar surface area (TPSA) is 122 Å². The summed E-state index contributed by atoms with van der Waals surface area (Å²) in [4.78, 5) is 27.9. The van der Waals surface area contributed by atoms with Crippen LogP contribution >= 0.6 is 0 Å². The number of nitrogens with one attached hydrogen (secondary N) is 1. The molecule has 0 unspecified atom stereocenters. The van der Waals surface area contributed by atoms with E-state index in [9.17, 15) is 31.5 Å². The van der Waals surface area contributed by atoms with Crippen LogP contribution in [0.3, 0.4) is 0 Å². The molecule has 0 spiro atoms. The fraction of sp³-hybridized carbons (Fsp3) is 0.136. The number of carbonyl (C=O) groups excluding carboxylic acids is 2. The van der Waals surface area contributed by atoms with Gasteiger partial charge in [-0.25, -0.2) is 4.39 Å². The Morgan fingerprint density at radius 2 is 1.61 bits per heavy atom. The normalized spacial score (nSPS) is 11.0. The van der Waals surface area contributed by atoms with E-state index in [0.717, 1.165) is 50.7 Å². The van der Waals surface area contributed by atoms with E-state index < -0.39 is 52.6 Å². The minimum atomic E-state index is -4.98. The van der Waals surface area contributed by atoms with Crippen LogP contribution in [0.5, 0.6) is 28.7 Å². The lowest BCUT2D eigenvalue weighted by molar-refractivity contribution is -0.274. The summed E-state index contributed by atoms with van der Waals surface area (Å²) in [5, 5.41) is 2.26. The minimum absolute atomic E-state index is 0.0309. The van der Waals surface area contributed by atoms with Crippen LogP contribution < -0.4 is 30.0 Å². The van der Waals surface area contributed by atoms with Crippen molar-refractivity contribution in [2.75, 3.05) is 19.5 Å². The summed E-state index contributed by atoms with van der Waals surface area (Å²) in [6, 6.07) is 5.92. The van der Waals surface area contributed by atoms with E-state index in [1.54, 1.807) is 0 Å². The predicted molar refractivity (Wildman–Crippen MR) is 113 cm³/mol. The maximum absolute atomic E-state index is 14.9. The molecule has 0 aliphatic carbocycles. The number of ether oxygens (including phenoxy) is 4. The first-order valence-corrected chi connectivity index (χ1v) is 9.68. The predicted octanol–water partition coefficient (Wildman–Crippen LogP) is 4.42. The molecule has 0 saturated heterocycles. The Kier molecular flexibility index (Phi) is 7.46. The maximum Gasteiger partial charge on any atom is 0.573 e. The van der Waals surface area contributed by atoms with Gasteiger partial charge >= 0.3 is 6.36 Å². The van der Waals surface area contributed by atoms with Gasteiger partial charge in [-0.05, 0) is 24.3 Å². The number of nitrogens with two attached hydrogens (primary N) is 1. The van der Waals surface area contributed by atoms with Gasteiger partial charge in [0.15, 0.2) is 23.1 Å². The molecule has 36 heavy (non-hydrogen) atoms. The van der Waals surface area contributed by atoms with Crippen LogP contribution in [0.15, 0.2) is 42.6 Å². The van der Waals surface area contributed by atoms with E-state index in [1.165, 1.54) is 6.07 Å². The number of halogens is 5. The summed E-state index contributed by atoms with van der Waals surface area (Å²) in [7, 11) is 2.15. The molecule has 0 radical (unpaired) electrons. The van der Waals surface area contributed by atoms with Crippen LogP contribution in [0.1, 0.15) is 20.8 Å². The number of benzene rings is 2. The molecule has 0 saturated carbocycles. The number of primary amides is 1. The number of carbonyl (C=O) groups is 2. The number of amides is 2. The van der Waals surface area contributed by atoms with Gasteiger partial charge in [0.1, 0.15) is 22.8 Å². The molecule has 1 aromatic heterocycles. The molecule has 9 nitrogen and oxygen atoms in total. The number of anilines is 1. The van der Waals surface area contributed by atoms with E-state index in [1.807, 2.05) is 0 Å². The maximum atomic E-state index is 14.9. The highest BCUT2D eigenvalue weighted by molar-refractivity contribution is 6.07. The van der Waals surface area contributed by atoms with Crippen LogP contribution in [0.2, 0.25) is 0 Å². The van der Waals surface area contributed by atoms with Crippen molar-refractivity contribution in [3.63, 3.8) is 0 Å². The molecule has 2 amide bonds. The zero-order chi connectivity index (χ0) is 26.6. The van der Waals surface area contributed by atoms with Crippen molar-refractivity contribution in [3.8, 4) is 28.7 Å². The average Bonchev–Trinajstić information content (AvgIpc) is 2.81. The molecule has 2 aromatic carbocycles. The van der Waals surface area contributed by atoms with Crippen molar-refractivity contribution in [3.05, 3.63) is 65.5 Å². The summed E-state index contributed by atoms with van der Waals surface area (Å²) in [6.07, 6.45) is -3.83. The quantitative estimate of drug-likeness (QED) is 0.428. The average molecular weight is 513 g/mol. The number of aromatic nitrogens is 1. The third-order valence-corrected chi connectivity index (χ3v) is 4.44. The lowest BCUT2D eigenvalue weighted by Crippen LogP contribution is -2.18. The highest BCUT2D eigenvalue weighted by Crippen LogP contribution is 2.40. The van der Waals surface area contributed by atoms with Crippen LogP contribution in [-0.2, 0) is 0 Å². The van der Waals surface area contributed by atoms with Crippen LogP contribution in [0.4, 0.5) is 27.6 Å². The molecular weight excluding hydrogens is 497 g/mol. The van der Waals surface area contributed by atoms with Gasteiger partial charge in [-0.1, -0.05) is 0 Å². The Bertz CT molecular complexity index is 1320. The fourth-order valence-corrected chi connectivity index (χ4v) is 2.91. The lowest BCUT2D eigenvalue weighted by Gasteiger charge is -2.17. The SMILES string of the molecule is COc1cc(OC(F)(F)F)ccc1Oc1cc(OC)c(F)c(F)c1C(=O)Nc1ccnc(C(N)=O)c1. The van der Waals surface area contributed by atoms with Crippen molar-refractivity contribution in [1.29, 1.82) is 0 Å². The van der Waals surface area contributed by atoms with Crippen LogP contribution in [-0.4, -0.2) is 37.4 Å². The Labute approximate surface area is 199 Å². The van der Waals surface area contributed by atoms with Gasteiger partial charge in [0, 0.05) is 24.0 Å². The zero-order valence-corrected chi connectivity index (χ0v) is 18.4. The van der Waals surface area contributed by atoms with Crippen molar-refractivity contribution >= 4 is 17.5 Å². The number of hydrogen-bond acceptors (Lipinski definition) is 7. The number of hydrogen-bond donors (Lipinski definition) is 2.